The summed E-state index contributed by atoms with van der Waals surface area (Å²) < 4.78 is 6.88. The van der Waals surface area contributed by atoms with Gasteiger partial charge < -0.3 is 9.73 Å². The Morgan fingerprint density at radius 1 is 1.32 bits per heavy atom. The molecule has 3 heterocycles. The van der Waals surface area contributed by atoms with Gasteiger partial charge in [0.25, 0.3) is 0 Å². The third kappa shape index (κ3) is 3.45. The van der Waals surface area contributed by atoms with E-state index < -0.39 is 5.54 Å². The lowest BCUT2D eigenvalue weighted by molar-refractivity contribution is -0.129. The molecule has 0 bridgehead atoms. The third-order valence-electron chi connectivity index (χ3n) is 4.06. The molecule has 1 N–H and O–H groups in total. The Morgan fingerprint density at radius 2 is 2.12 bits per heavy atom. The van der Waals surface area contributed by atoms with Gasteiger partial charge in [0.1, 0.15) is 11.3 Å². The second kappa shape index (κ2) is 6.51. The van der Waals surface area contributed by atoms with E-state index >= 15 is 0 Å². The molecule has 130 valence electrons. The van der Waals surface area contributed by atoms with Crippen molar-refractivity contribution in [1.29, 1.82) is 0 Å². The van der Waals surface area contributed by atoms with Crippen LogP contribution in [0.3, 0.4) is 0 Å². The molecule has 0 aliphatic rings. The number of hydrogen-bond donors (Lipinski definition) is 1. The van der Waals surface area contributed by atoms with Crippen molar-refractivity contribution >= 4 is 5.91 Å². The van der Waals surface area contributed by atoms with E-state index in [0.717, 1.165) is 22.6 Å². The van der Waals surface area contributed by atoms with E-state index in [9.17, 15) is 4.79 Å². The zero-order valence-electron chi connectivity index (χ0n) is 14.8. The van der Waals surface area contributed by atoms with Crippen LogP contribution >= 0.6 is 0 Å². The molecule has 0 unspecified atom stereocenters. The number of amides is 1. The minimum atomic E-state index is -0.851. The maximum atomic E-state index is 12.6. The second-order valence-electron chi connectivity index (χ2n) is 6.44. The molecule has 25 heavy (non-hydrogen) atoms. The normalized spacial score (nSPS) is 11.5. The molecule has 0 aliphatic heterocycles. The van der Waals surface area contributed by atoms with Crippen LogP contribution in [-0.4, -0.2) is 25.7 Å². The third-order valence-corrected chi connectivity index (χ3v) is 4.06. The van der Waals surface area contributed by atoms with Gasteiger partial charge in [-0.2, -0.15) is 5.10 Å². The first-order valence-corrected chi connectivity index (χ1v) is 8.04. The standard InChI is InChI=1S/C18H21N5O2/c1-12-8-19-13(2)16(22-12)14-9-21-23(11-14)18(3,4)17(24)20-10-15-6-5-7-25-15/h5-9,11H,10H2,1-4H3,(H,20,24). The van der Waals surface area contributed by atoms with Crippen molar-refractivity contribution in [3.05, 3.63) is 54.1 Å². The van der Waals surface area contributed by atoms with Crippen molar-refractivity contribution in [2.24, 2.45) is 0 Å². The number of nitrogens with zero attached hydrogens (tertiary/aromatic N) is 4. The Bertz CT molecular complexity index is 881. The van der Waals surface area contributed by atoms with E-state index in [-0.39, 0.29) is 5.91 Å². The van der Waals surface area contributed by atoms with Gasteiger partial charge in [0.05, 0.1) is 36.1 Å². The molecule has 0 saturated carbocycles. The van der Waals surface area contributed by atoms with E-state index in [2.05, 4.69) is 20.4 Å². The Hall–Kier alpha value is -2.96. The van der Waals surface area contributed by atoms with Gasteiger partial charge in [-0.15, -0.1) is 0 Å². The van der Waals surface area contributed by atoms with Gasteiger partial charge in [-0.25, -0.2) is 4.98 Å². The van der Waals surface area contributed by atoms with Crippen LogP contribution < -0.4 is 5.32 Å². The maximum Gasteiger partial charge on any atom is 0.247 e. The average molecular weight is 339 g/mol. The van der Waals surface area contributed by atoms with Crippen LogP contribution in [0.15, 0.2) is 41.4 Å². The van der Waals surface area contributed by atoms with Crippen molar-refractivity contribution in [3.8, 4) is 11.3 Å². The van der Waals surface area contributed by atoms with Crippen LogP contribution in [0.25, 0.3) is 11.3 Å². The van der Waals surface area contributed by atoms with Crippen molar-refractivity contribution in [2.75, 3.05) is 0 Å². The minimum absolute atomic E-state index is 0.148. The molecular weight excluding hydrogens is 318 g/mol. The number of aryl methyl sites for hydroxylation is 2. The van der Waals surface area contributed by atoms with Crippen molar-refractivity contribution < 1.29 is 9.21 Å². The maximum absolute atomic E-state index is 12.6. The van der Waals surface area contributed by atoms with Crippen LogP contribution in [0.2, 0.25) is 0 Å². The molecule has 7 nitrogen and oxygen atoms in total. The highest BCUT2D eigenvalue weighted by molar-refractivity contribution is 5.83. The fraction of sp³-hybridized carbons (Fsp3) is 0.333. The quantitative estimate of drug-likeness (QED) is 0.772. The Morgan fingerprint density at radius 3 is 2.84 bits per heavy atom. The van der Waals surface area contributed by atoms with Crippen LogP contribution in [0.1, 0.15) is 31.0 Å². The molecule has 0 saturated heterocycles. The molecule has 3 aromatic rings. The Balaban J connectivity index is 1.79. The fourth-order valence-electron chi connectivity index (χ4n) is 2.46. The number of furan rings is 1. The van der Waals surface area contributed by atoms with Crippen LogP contribution in [0.5, 0.6) is 0 Å². The minimum Gasteiger partial charge on any atom is -0.467 e. The lowest BCUT2D eigenvalue weighted by atomic mass is 10.0. The summed E-state index contributed by atoms with van der Waals surface area (Å²) in [6.45, 7) is 7.77. The predicted molar refractivity (Wildman–Crippen MR) is 92.6 cm³/mol. The molecule has 0 aromatic carbocycles. The van der Waals surface area contributed by atoms with E-state index in [1.54, 1.807) is 29.4 Å². The molecule has 0 spiro atoms. The molecule has 0 atom stereocenters. The smallest absolute Gasteiger partial charge is 0.247 e. The summed E-state index contributed by atoms with van der Waals surface area (Å²) in [5, 5.41) is 7.24. The molecular formula is C18H21N5O2. The van der Waals surface area contributed by atoms with Gasteiger partial charge in [-0.1, -0.05) is 0 Å². The summed E-state index contributed by atoms with van der Waals surface area (Å²) in [6, 6.07) is 3.61. The highest BCUT2D eigenvalue weighted by atomic mass is 16.3. The van der Waals surface area contributed by atoms with Crippen molar-refractivity contribution in [2.45, 2.75) is 39.8 Å². The topological polar surface area (TPSA) is 85.8 Å². The average Bonchev–Trinajstić information content (AvgIpc) is 3.26. The van der Waals surface area contributed by atoms with Crippen LogP contribution in [0.4, 0.5) is 0 Å². The second-order valence-corrected chi connectivity index (χ2v) is 6.44. The highest BCUT2D eigenvalue weighted by Gasteiger charge is 2.31. The zero-order valence-corrected chi connectivity index (χ0v) is 14.8. The van der Waals surface area contributed by atoms with E-state index in [1.807, 2.05) is 40.0 Å². The summed E-state index contributed by atoms with van der Waals surface area (Å²) >= 11 is 0. The number of rotatable bonds is 5. The first-order valence-electron chi connectivity index (χ1n) is 8.04. The number of carbonyl (C=O) groups excluding carboxylic acids is 1. The molecule has 3 rings (SSSR count). The molecule has 0 radical (unpaired) electrons. The van der Waals surface area contributed by atoms with Gasteiger partial charge in [-0.05, 0) is 39.8 Å². The summed E-state index contributed by atoms with van der Waals surface area (Å²) in [5.74, 6) is 0.557. The van der Waals surface area contributed by atoms with Crippen LogP contribution in [-0.2, 0) is 16.9 Å². The molecule has 0 aliphatic carbocycles. The number of carbonyl (C=O) groups is 1. The predicted octanol–water partition coefficient (Wildman–Crippen LogP) is 2.60. The summed E-state index contributed by atoms with van der Waals surface area (Å²) in [7, 11) is 0. The van der Waals surface area contributed by atoms with Gasteiger partial charge in [0, 0.05) is 18.0 Å². The first-order chi connectivity index (χ1) is 11.9. The van der Waals surface area contributed by atoms with Gasteiger partial charge in [0.2, 0.25) is 5.91 Å². The van der Waals surface area contributed by atoms with E-state index in [0.29, 0.717) is 12.3 Å². The van der Waals surface area contributed by atoms with Crippen LogP contribution in [0, 0.1) is 13.8 Å². The molecule has 7 heteroatoms. The van der Waals surface area contributed by atoms with Gasteiger partial charge >= 0.3 is 0 Å². The van der Waals surface area contributed by atoms with E-state index in [4.69, 9.17) is 4.42 Å². The van der Waals surface area contributed by atoms with Crippen molar-refractivity contribution in [1.82, 2.24) is 25.1 Å². The van der Waals surface area contributed by atoms with Gasteiger partial charge in [0.15, 0.2) is 0 Å². The number of aromatic nitrogens is 4. The summed E-state index contributed by atoms with van der Waals surface area (Å²) in [6.07, 6.45) is 6.84. The Labute approximate surface area is 146 Å². The largest absolute Gasteiger partial charge is 0.467 e. The zero-order chi connectivity index (χ0) is 18.0. The lowest BCUT2D eigenvalue weighted by Gasteiger charge is -2.24. The summed E-state index contributed by atoms with van der Waals surface area (Å²) in [5.41, 5.74) is 2.42. The highest BCUT2D eigenvalue weighted by Crippen LogP contribution is 2.23. The van der Waals surface area contributed by atoms with E-state index in [1.165, 1.54) is 0 Å². The lowest BCUT2D eigenvalue weighted by Crippen LogP contribution is -2.44. The fourth-order valence-corrected chi connectivity index (χ4v) is 2.46. The first kappa shape index (κ1) is 16.9. The monoisotopic (exact) mass is 339 g/mol. The molecule has 3 aromatic heterocycles. The number of hydrogen-bond acceptors (Lipinski definition) is 5. The van der Waals surface area contributed by atoms with Gasteiger partial charge in [-0.3, -0.25) is 14.5 Å². The number of nitrogens with one attached hydrogen (secondary N) is 1. The Kier molecular flexibility index (Phi) is 4.39. The van der Waals surface area contributed by atoms with Crippen molar-refractivity contribution in [3.63, 3.8) is 0 Å². The summed E-state index contributed by atoms with van der Waals surface area (Å²) in [4.78, 5) is 21.4. The SMILES string of the molecule is Cc1cnc(C)c(-c2cnn(C(C)(C)C(=O)NCc3ccco3)c2)n1. The molecule has 1 amide bonds. The molecule has 0 fully saturated rings.